The maximum Gasteiger partial charge on any atom is 0.291 e. The average molecular weight is 277 g/mol. The Hall–Kier alpha value is -2.47. The first-order valence-corrected chi connectivity index (χ1v) is 5.65. The maximum absolute atomic E-state index is 11.6. The highest BCUT2D eigenvalue weighted by Gasteiger charge is 2.06. The molecule has 2 aromatic rings. The van der Waals surface area contributed by atoms with E-state index in [0.717, 1.165) is 0 Å². The topological polar surface area (TPSA) is 87.5 Å². The van der Waals surface area contributed by atoms with E-state index in [2.05, 4.69) is 20.7 Å². The van der Waals surface area contributed by atoms with Crippen LogP contribution < -0.4 is 5.43 Å². The van der Waals surface area contributed by atoms with Crippen LogP contribution in [0.4, 0.5) is 0 Å². The van der Waals surface area contributed by atoms with Crippen LogP contribution in [-0.2, 0) is 0 Å². The van der Waals surface area contributed by atoms with Gasteiger partial charge >= 0.3 is 0 Å². The number of rotatable bonds is 3. The summed E-state index contributed by atoms with van der Waals surface area (Å²) in [4.78, 5) is 11.6. The Bertz CT molecular complexity index is 613. The van der Waals surface area contributed by atoms with Gasteiger partial charge < -0.3 is 5.11 Å². The van der Waals surface area contributed by atoms with Gasteiger partial charge in [-0.25, -0.2) is 5.43 Å². The van der Waals surface area contributed by atoms with Crippen molar-refractivity contribution in [3.8, 4) is 5.75 Å². The molecule has 0 radical (unpaired) electrons. The van der Waals surface area contributed by atoms with E-state index < -0.39 is 5.91 Å². The average Bonchev–Trinajstić information content (AvgIpc) is 2.41. The largest absolute Gasteiger partial charge is 0.507 e. The number of hydrogen-bond acceptors (Lipinski definition) is 5. The Labute approximate surface area is 113 Å². The van der Waals surface area contributed by atoms with Gasteiger partial charge in [-0.3, -0.25) is 4.79 Å². The number of nitrogens with zero attached hydrogens (tertiary/aromatic N) is 3. The zero-order valence-electron chi connectivity index (χ0n) is 9.62. The van der Waals surface area contributed by atoms with Gasteiger partial charge in [-0.05, 0) is 24.3 Å². The molecular weight excluding hydrogens is 268 g/mol. The van der Waals surface area contributed by atoms with E-state index in [-0.39, 0.29) is 16.6 Å². The number of nitrogens with one attached hydrogen (secondary N) is 1. The van der Waals surface area contributed by atoms with Crippen LogP contribution in [0.1, 0.15) is 16.1 Å². The Morgan fingerprint density at radius 1 is 1.26 bits per heavy atom. The van der Waals surface area contributed by atoms with Crippen LogP contribution in [0, 0.1) is 0 Å². The smallest absolute Gasteiger partial charge is 0.291 e. The minimum Gasteiger partial charge on any atom is -0.507 e. The molecule has 1 aromatic carbocycles. The van der Waals surface area contributed by atoms with Crippen LogP contribution in [-0.4, -0.2) is 27.4 Å². The van der Waals surface area contributed by atoms with E-state index in [1.807, 2.05) is 0 Å². The van der Waals surface area contributed by atoms with Gasteiger partial charge in [0.2, 0.25) is 0 Å². The molecular formula is C12H9ClN4O2. The normalized spacial score (nSPS) is 10.6. The molecule has 0 saturated heterocycles. The van der Waals surface area contributed by atoms with Crippen molar-refractivity contribution in [2.24, 2.45) is 5.10 Å². The number of phenolic OH excluding ortho intramolecular Hbond substituents is 1. The van der Waals surface area contributed by atoms with E-state index in [0.29, 0.717) is 5.56 Å². The van der Waals surface area contributed by atoms with Gasteiger partial charge in [0.05, 0.1) is 6.21 Å². The Balaban J connectivity index is 2.01. The molecule has 2 N–H and O–H groups in total. The summed E-state index contributed by atoms with van der Waals surface area (Å²) in [5, 5.41) is 20.5. The summed E-state index contributed by atoms with van der Waals surface area (Å²) in [5.74, 6) is -0.442. The van der Waals surface area contributed by atoms with Crippen molar-refractivity contribution in [1.82, 2.24) is 15.6 Å². The summed E-state index contributed by atoms with van der Waals surface area (Å²) in [7, 11) is 0. The zero-order valence-corrected chi connectivity index (χ0v) is 10.4. The summed E-state index contributed by atoms with van der Waals surface area (Å²) >= 11 is 5.56. The number of carbonyl (C=O) groups is 1. The van der Waals surface area contributed by atoms with Gasteiger partial charge in [0.1, 0.15) is 5.75 Å². The predicted octanol–water partition coefficient (Wildman–Crippen LogP) is 1.60. The van der Waals surface area contributed by atoms with E-state index in [4.69, 9.17) is 11.6 Å². The molecule has 1 heterocycles. The first kappa shape index (κ1) is 13.0. The lowest BCUT2D eigenvalue weighted by molar-refractivity contribution is 0.0949. The van der Waals surface area contributed by atoms with Crippen LogP contribution in [0.15, 0.2) is 41.5 Å². The summed E-state index contributed by atoms with van der Waals surface area (Å²) in [6.45, 7) is 0. The lowest BCUT2D eigenvalue weighted by Gasteiger charge is -1.99. The molecule has 1 aromatic heterocycles. The quantitative estimate of drug-likeness (QED) is 0.658. The van der Waals surface area contributed by atoms with E-state index in [1.165, 1.54) is 24.4 Å². The lowest BCUT2D eigenvalue weighted by atomic mass is 10.2. The maximum atomic E-state index is 11.6. The SMILES string of the molecule is O=C(N/N=C/c1ccccc1O)c1ccc(Cl)nn1. The minimum absolute atomic E-state index is 0.0757. The fourth-order valence-corrected chi connectivity index (χ4v) is 1.35. The third-order valence-electron chi connectivity index (χ3n) is 2.17. The predicted molar refractivity (Wildman–Crippen MR) is 70.2 cm³/mol. The molecule has 96 valence electrons. The van der Waals surface area contributed by atoms with Crippen LogP contribution in [0.3, 0.4) is 0 Å². The molecule has 2 rings (SSSR count). The number of hydrogen-bond donors (Lipinski definition) is 2. The monoisotopic (exact) mass is 276 g/mol. The molecule has 0 saturated carbocycles. The minimum atomic E-state index is -0.518. The molecule has 7 heteroatoms. The van der Waals surface area contributed by atoms with Crippen molar-refractivity contribution in [2.75, 3.05) is 0 Å². The van der Waals surface area contributed by atoms with Crippen molar-refractivity contribution >= 4 is 23.7 Å². The fraction of sp³-hybridized carbons (Fsp3) is 0. The fourth-order valence-electron chi connectivity index (χ4n) is 1.25. The summed E-state index contributed by atoms with van der Waals surface area (Å²) in [6, 6.07) is 9.50. The number of halogens is 1. The van der Waals surface area contributed by atoms with Gasteiger partial charge in [0.15, 0.2) is 10.8 Å². The number of carbonyl (C=O) groups excluding carboxylic acids is 1. The third-order valence-corrected chi connectivity index (χ3v) is 2.37. The molecule has 19 heavy (non-hydrogen) atoms. The summed E-state index contributed by atoms with van der Waals surface area (Å²) in [6.07, 6.45) is 1.33. The molecule has 0 unspecified atom stereocenters. The molecule has 0 aliphatic heterocycles. The molecule has 6 nitrogen and oxygen atoms in total. The molecule has 0 fully saturated rings. The van der Waals surface area contributed by atoms with Gasteiger partial charge in [0, 0.05) is 5.56 Å². The van der Waals surface area contributed by atoms with Crippen LogP contribution in [0.2, 0.25) is 5.15 Å². The third kappa shape index (κ3) is 3.49. The number of aromatic nitrogens is 2. The Morgan fingerprint density at radius 2 is 2.05 bits per heavy atom. The van der Waals surface area contributed by atoms with E-state index in [9.17, 15) is 9.90 Å². The molecule has 1 amide bonds. The second-order valence-electron chi connectivity index (χ2n) is 3.50. The van der Waals surface area contributed by atoms with Crippen molar-refractivity contribution in [1.29, 1.82) is 0 Å². The van der Waals surface area contributed by atoms with Crippen molar-refractivity contribution < 1.29 is 9.90 Å². The van der Waals surface area contributed by atoms with Crippen LogP contribution in [0.25, 0.3) is 0 Å². The number of phenols is 1. The van der Waals surface area contributed by atoms with E-state index in [1.54, 1.807) is 18.2 Å². The standard InChI is InChI=1S/C12H9ClN4O2/c13-11-6-5-9(15-16-11)12(19)17-14-7-8-3-1-2-4-10(8)18/h1-7,18H,(H,17,19)/b14-7+. The highest BCUT2D eigenvalue weighted by atomic mass is 35.5. The molecule has 0 aliphatic carbocycles. The van der Waals surface area contributed by atoms with Crippen molar-refractivity contribution in [2.45, 2.75) is 0 Å². The van der Waals surface area contributed by atoms with Gasteiger partial charge in [0.25, 0.3) is 5.91 Å². The molecule has 0 aliphatic rings. The van der Waals surface area contributed by atoms with Gasteiger partial charge in [-0.15, -0.1) is 10.2 Å². The van der Waals surface area contributed by atoms with Gasteiger partial charge in [-0.1, -0.05) is 23.7 Å². The van der Waals surface area contributed by atoms with Gasteiger partial charge in [-0.2, -0.15) is 5.10 Å². The zero-order chi connectivity index (χ0) is 13.7. The number of benzene rings is 1. The first-order chi connectivity index (χ1) is 9.16. The second-order valence-corrected chi connectivity index (χ2v) is 3.89. The molecule has 0 bridgehead atoms. The van der Waals surface area contributed by atoms with E-state index >= 15 is 0 Å². The second kappa shape index (κ2) is 5.92. The number of para-hydroxylation sites is 1. The van der Waals surface area contributed by atoms with Crippen LogP contribution >= 0.6 is 11.6 Å². The molecule has 0 spiro atoms. The Morgan fingerprint density at radius 3 is 2.74 bits per heavy atom. The summed E-state index contributed by atoms with van der Waals surface area (Å²) in [5.41, 5.74) is 2.85. The first-order valence-electron chi connectivity index (χ1n) is 5.27. The number of amides is 1. The van der Waals surface area contributed by atoms with Crippen LogP contribution in [0.5, 0.6) is 5.75 Å². The number of hydrazone groups is 1. The number of aromatic hydroxyl groups is 1. The van der Waals surface area contributed by atoms with Crippen molar-refractivity contribution in [3.63, 3.8) is 0 Å². The highest BCUT2D eigenvalue weighted by molar-refractivity contribution is 6.29. The Kier molecular flexibility index (Phi) is 4.04. The summed E-state index contributed by atoms with van der Waals surface area (Å²) < 4.78 is 0. The lowest BCUT2D eigenvalue weighted by Crippen LogP contribution is -2.19. The highest BCUT2D eigenvalue weighted by Crippen LogP contribution is 2.12. The molecule has 0 atom stereocenters. The van der Waals surface area contributed by atoms with Crippen molar-refractivity contribution in [3.05, 3.63) is 52.8 Å².